The number of rotatable bonds is 8. The molecule has 20 heavy (non-hydrogen) atoms. The number of amides is 1. The van der Waals surface area contributed by atoms with Gasteiger partial charge in [0.2, 0.25) is 0 Å². The van der Waals surface area contributed by atoms with E-state index in [0.29, 0.717) is 19.1 Å². The second kappa shape index (κ2) is 8.60. The number of carbonyl (C=O) groups excluding carboxylic acids is 1. The molecule has 1 heterocycles. The second-order valence-corrected chi connectivity index (χ2v) is 5.73. The molecule has 1 aliphatic rings. The van der Waals surface area contributed by atoms with Gasteiger partial charge in [-0.3, -0.25) is 4.79 Å². The van der Waals surface area contributed by atoms with Crippen LogP contribution in [0.25, 0.3) is 0 Å². The molecule has 1 fully saturated rings. The van der Waals surface area contributed by atoms with Gasteiger partial charge in [-0.25, -0.2) is 0 Å². The Hall–Kier alpha value is -0.650. The van der Waals surface area contributed by atoms with Crippen LogP contribution in [0.2, 0.25) is 0 Å². The molecule has 0 bridgehead atoms. The van der Waals surface area contributed by atoms with Crippen LogP contribution < -0.4 is 10.6 Å². The van der Waals surface area contributed by atoms with Crippen LogP contribution in [0.3, 0.4) is 0 Å². The summed E-state index contributed by atoms with van der Waals surface area (Å²) in [4.78, 5) is 12.4. The van der Waals surface area contributed by atoms with Crippen LogP contribution in [0, 0.1) is 5.92 Å². The molecule has 5 heteroatoms. The van der Waals surface area contributed by atoms with E-state index in [-0.39, 0.29) is 12.0 Å². The lowest BCUT2D eigenvalue weighted by atomic mass is 9.91. The van der Waals surface area contributed by atoms with Crippen molar-refractivity contribution < 1.29 is 14.3 Å². The summed E-state index contributed by atoms with van der Waals surface area (Å²) >= 11 is 0. The molecule has 0 saturated carbocycles. The smallest absolute Gasteiger partial charge is 0.252 e. The second-order valence-electron chi connectivity index (χ2n) is 5.73. The number of ether oxygens (including phenoxy) is 2. The van der Waals surface area contributed by atoms with Gasteiger partial charge < -0.3 is 20.1 Å². The minimum Gasteiger partial charge on any atom is -0.378 e. The molecule has 1 aliphatic heterocycles. The lowest BCUT2D eigenvalue weighted by Gasteiger charge is -2.35. The molecular formula is C15H30N2O3. The van der Waals surface area contributed by atoms with Crippen molar-refractivity contribution in [1.82, 2.24) is 10.6 Å². The number of hydrogen-bond donors (Lipinski definition) is 2. The van der Waals surface area contributed by atoms with E-state index in [9.17, 15) is 4.79 Å². The van der Waals surface area contributed by atoms with Gasteiger partial charge in [0.25, 0.3) is 5.91 Å². The highest BCUT2D eigenvalue weighted by atomic mass is 16.5. The summed E-state index contributed by atoms with van der Waals surface area (Å²) in [7, 11) is 1.63. The highest BCUT2D eigenvalue weighted by molar-refractivity contribution is 5.85. The quantitative estimate of drug-likeness (QED) is 0.706. The summed E-state index contributed by atoms with van der Waals surface area (Å²) in [5, 5.41) is 6.27. The average molecular weight is 286 g/mol. The maximum atomic E-state index is 12.4. The number of piperidine rings is 1. The van der Waals surface area contributed by atoms with Crippen molar-refractivity contribution in [3.63, 3.8) is 0 Å². The molecule has 2 N–H and O–H groups in total. The molecule has 0 spiro atoms. The van der Waals surface area contributed by atoms with E-state index in [0.717, 1.165) is 32.4 Å². The first-order chi connectivity index (χ1) is 9.55. The Bertz CT molecular complexity index is 289. The Morgan fingerprint density at radius 2 is 2.00 bits per heavy atom. The van der Waals surface area contributed by atoms with Crippen molar-refractivity contribution in [3.8, 4) is 0 Å². The Balaban J connectivity index is 2.41. The Labute approximate surface area is 122 Å². The molecule has 1 unspecified atom stereocenters. The van der Waals surface area contributed by atoms with Crippen LogP contribution >= 0.6 is 0 Å². The number of nitrogens with one attached hydrogen (secondary N) is 2. The fourth-order valence-corrected chi connectivity index (χ4v) is 2.67. The normalized spacial score (nSPS) is 19.9. The first-order valence-electron chi connectivity index (χ1n) is 7.71. The third-order valence-electron chi connectivity index (χ3n) is 4.05. The summed E-state index contributed by atoms with van der Waals surface area (Å²) in [5.41, 5.74) is -0.649. The van der Waals surface area contributed by atoms with E-state index in [2.05, 4.69) is 24.5 Å². The number of carbonyl (C=O) groups is 1. The van der Waals surface area contributed by atoms with Gasteiger partial charge in [-0.15, -0.1) is 0 Å². The van der Waals surface area contributed by atoms with Crippen LogP contribution in [0.5, 0.6) is 0 Å². The molecule has 1 rings (SSSR count). The maximum absolute atomic E-state index is 12.4. The van der Waals surface area contributed by atoms with Crippen molar-refractivity contribution in [2.24, 2.45) is 5.92 Å². The van der Waals surface area contributed by atoms with Gasteiger partial charge in [-0.1, -0.05) is 13.8 Å². The summed E-state index contributed by atoms with van der Waals surface area (Å²) in [6, 6.07) is 0. The molecule has 1 saturated heterocycles. The molecule has 0 radical (unpaired) electrons. The first-order valence-corrected chi connectivity index (χ1v) is 7.71. The van der Waals surface area contributed by atoms with E-state index >= 15 is 0 Å². The van der Waals surface area contributed by atoms with Gasteiger partial charge in [0.05, 0.1) is 6.10 Å². The highest BCUT2D eigenvalue weighted by Crippen LogP contribution is 2.22. The van der Waals surface area contributed by atoms with E-state index in [4.69, 9.17) is 9.47 Å². The van der Waals surface area contributed by atoms with Crippen LogP contribution in [0.15, 0.2) is 0 Å². The number of hydrogen-bond acceptors (Lipinski definition) is 4. The fourth-order valence-electron chi connectivity index (χ4n) is 2.67. The van der Waals surface area contributed by atoms with Crippen molar-refractivity contribution in [2.75, 3.05) is 33.4 Å². The Morgan fingerprint density at radius 1 is 1.35 bits per heavy atom. The third-order valence-corrected chi connectivity index (χ3v) is 4.05. The largest absolute Gasteiger partial charge is 0.378 e. The lowest BCUT2D eigenvalue weighted by Crippen LogP contribution is -2.54. The zero-order valence-electron chi connectivity index (χ0n) is 13.3. The molecular weight excluding hydrogens is 256 g/mol. The molecule has 0 aliphatic carbocycles. The topological polar surface area (TPSA) is 59.6 Å². The van der Waals surface area contributed by atoms with E-state index in [1.165, 1.54) is 0 Å². The van der Waals surface area contributed by atoms with Crippen molar-refractivity contribution in [1.29, 1.82) is 0 Å². The Morgan fingerprint density at radius 3 is 2.50 bits per heavy atom. The molecule has 0 aromatic rings. The van der Waals surface area contributed by atoms with Gasteiger partial charge in [-0.2, -0.15) is 0 Å². The molecule has 1 amide bonds. The highest BCUT2D eigenvalue weighted by Gasteiger charge is 2.39. The minimum absolute atomic E-state index is 0.0144. The predicted molar refractivity (Wildman–Crippen MR) is 79.7 cm³/mol. The van der Waals surface area contributed by atoms with E-state index in [1.54, 1.807) is 7.11 Å². The maximum Gasteiger partial charge on any atom is 0.252 e. The zero-order valence-corrected chi connectivity index (χ0v) is 13.3. The summed E-state index contributed by atoms with van der Waals surface area (Å²) in [6.45, 7) is 9.30. The minimum atomic E-state index is -0.649. The molecule has 0 aromatic heterocycles. The van der Waals surface area contributed by atoms with Crippen LogP contribution in [0.1, 0.15) is 40.0 Å². The van der Waals surface area contributed by atoms with Crippen molar-refractivity contribution in [2.45, 2.75) is 51.7 Å². The average Bonchev–Trinajstić information content (AvgIpc) is 2.46. The van der Waals surface area contributed by atoms with Gasteiger partial charge in [0.15, 0.2) is 0 Å². The zero-order chi connectivity index (χ0) is 15.0. The standard InChI is InChI=1S/C15H30N2O3/c1-5-20-13(12(2)3)6-9-17-14(18)15(19-4)7-10-16-11-8-15/h12-13,16H,5-11H2,1-4H3,(H,17,18). The first kappa shape index (κ1) is 17.4. The monoisotopic (exact) mass is 286 g/mol. The molecule has 1 atom stereocenters. The van der Waals surface area contributed by atoms with Gasteiger partial charge >= 0.3 is 0 Å². The molecule has 118 valence electrons. The van der Waals surface area contributed by atoms with Gasteiger partial charge in [0.1, 0.15) is 5.60 Å². The summed E-state index contributed by atoms with van der Waals surface area (Å²) < 4.78 is 11.2. The molecule has 0 aromatic carbocycles. The van der Waals surface area contributed by atoms with Crippen molar-refractivity contribution >= 4 is 5.91 Å². The third kappa shape index (κ3) is 4.72. The van der Waals surface area contributed by atoms with Crippen molar-refractivity contribution in [3.05, 3.63) is 0 Å². The summed E-state index contributed by atoms with van der Waals surface area (Å²) in [5.74, 6) is 0.475. The van der Waals surface area contributed by atoms with E-state index < -0.39 is 5.60 Å². The SMILES string of the molecule is CCOC(CCNC(=O)C1(OC)CCNCC1)C(C)C. The predicted octanol–water partition coefficient (Wildman–Crippen LogP) is 1.32. The van der Waals surface area contributed by atoms with Gasteiger partial charge in [0, 0.05) is 20.3 Å². The Kier molecular flexibility index (Phi) is 7.48. The summed E-state index contributed by atoms with van der Waals surface area (Å²) in [6.07, 6.45) is 2.50. The van der Waals surface area contributed by atoms with Gasteiger partial charge in [-0.05, 0) is 45.2 Å². The molecule has 5 nitrogen and oxygen atoms in total. The van der Waals surface area contributed by atoms with Crippen LogP contribution in [-0.2, 0) is 14.3 Å². The van der Waals surface area contributed by atoms with Crippen LogP contribution in [-0.4, -0.2) is 51.0 Å². The lowest BCUT2D eigenvalue weighted by molar-refractivity contribution is -0.146. The fraction of sp³-hybridized carbons (Fsp3) is 0.933. The number of methoxy groups -OCH3 is 1. The van der Waals surface area contributed by atoms with E-state index in [1.807, 2.05) is 6.92 Å². The van der Waals surface area contributed by atoms with Crippen LogP contribution in [0.4, 0.5) is 0 Å².